The summed E-state index contributed by atoms with van der Waals surface area (Å²) in [7, 11) is -3.19. The Hall–Kier alpha value is -1.33. The van der Waals surface area contributed by atoms with Gasteiger partial charge in [-0.3, -0.25) is 0 Å². The van der Waals surface area contributed by atoms with Gasteiger partial charge in [0.05, 0.1) is 11.4 Å². The van der Waals surface area contributed by atoms with E-state index in [-0.39, 0.29) is 34.9 Å². The van der Waals surface area contributed by atoms with Crippen LogP contribution in [0.4, 0.5) is 0 Å². The Labute approximate surface area is 195 Å². The highest BCUT2D eigenvalue weighted by molar-refractivity contribution is 14.0. The fraction of sp³-hybridized carbons (Fsp3) is 0.450. The molecule has 0 fully saturated rings. The maximum Gasteiger partial charge on any atom is 0.191 e. The lowest BCUT2D eigenvalue weighted by molar-refractivity contribution is 0.328. The Morgan fingerprint density at radius 3 is 2.45 bits per heavy atom. The second-order valence-corrected chi connectivity index (χ2v) is 10.0. The Kier molecular flexibility index (Phi) is 11.0. The zero-order valence-electron chi connectivity index (χ0n) is 17.3. The van der Waals surface area contributed by atoms with Crippen LogP contribution in [0.25, 0.3) is 0 Å². The number of hydrogen-bond donors (Lipinski definition) is 2. The number of hydrogen-bond acceptors (Lipinski definition) is 5. The van der Waals surface area contributed by atoms with Crippen molar-refractivity contribution in [1.82, 2.24) is 10.6 Å². The smallest absolute Gasteiger partial charge is 0.191 e. The van der Waals surface area contributed by atoms with Gasteiger partial charge >= 0.3 is 0 Å². The summed E-state index contributed by atoms with van der Waals surface area (Å²) in [6.45, 7) is 7.98. The summed E-state index contributed by atoms with van der Waals surface area (Å²) in [5.41, 5.74) is 0. The molecule has 162 valence electrons. The maximum atomic E-state index is 11.5. The summed E-state index contributed by atoms with van der Waals surface area (Å²) in [5, 5.41) is 6.67. The lowest BCUT2D eigenvalue weighted by atomic mass is 10.2. The summed E-state index contributed by atoms with van der Waals surface area (Å²) >= 11 is 1.82. The van der Waals surface area contributed by atoms with E-state index < -0.39 is 9.84 Å². The van der Waals surface area contributed by atoms with Gasteiger partial charge in [-0.05, 0) is 57.2 Å². The van der Waals surface area contributed by atoms with Gasteiger partial charge in [0, 0.05) is 35.0 Å². The molecule has 1 aromatic carbocycles. The van der Waals surface area contributed by atoms with Crippen LogP contribution < -0.4 is 15.4 Å². The third kappa shape index (κ3) is 9.35. The predicted octanol–water partition coefficient (Wildman–Crippen LogP) is 3.64. The van der Waals surface area contributed by atoms with Gasteiger partial charge in [0.25, 0.3) is 0 Å². The standard InChI is InChI=1S/C20H29N3O3S2.HI/c1-5-21-20(23-15(2)14-18-9-6-16(3)27-18)22-12-13-26-17-7-10-19(11-8-17)28(4,24)25;/h6-11,15H,5,12-14H2,1-4H3,(H2,21,22,23);1H. The number of guanidine groups is 1. The van der Waals surface area contributed by atoms with Gasteiger partial charge in [-0.1, -0.05) is 0 Å². The minimum atomic E-state index is -3.19. The van der Waals surface area contributed by atoms with Crippen LogP contribution in [0, 0.1) is 6.92 Å². The van der Waals surface area contributed by atoms with Gasteiger partial charge in [0.2, 0.25) is 0 Å². The molecule has 1 unspecified atom stereocenters. The van der Waals surface area contributed by atoms with Crippen molar-refractivity contribution in [3.63, 3.8) is 0 Å². The highest BCUT2D eigenvalue weighted by Crippen LogP contribution is 2.17. The minimum Gasteiger partial charge on any atom is -0.492 e. The average molecular weight is 552 g/mol. The van der Waals surface area contributed by atoms with Crippen molar-refractivity contribution in [1.29, 1.82) is 0 Å². The van der Waals surface area contributed by atoms with Crippen LogP contribution in [0.15, 0.2) is 46.3 Å². The van der Waals surface area contributed by atoms with Gasteiger partial charge < -0.3 is 15.4 Å². The molecule has 0 saturated heterocycles. The normalized spacial score (nSPS) is 12.8. The lowest BCUT2D eigenvalue weighted by Crippen LogP contribution is -2.43. The number of thiophene rings is 1. The Balaban J connectivity index is 0.00000420. The first kappa shape index (κ1) is 25.7. The van der Waals surface area contributed by atoms with Gasteiger partial charge in [-0.25, -0.2) is 13.4 Å². The van der Waals surface area contributed by atoms with Crippen molar-refractivity contribution in [2.45, 2.75) is 38.1 Å². The quantitative estimate of drug-likeness (QED) is 0.215. The van der Waals surface area contributed by atoms with E-state index in [2.05, 4.69) is 41.6 Å². The number of ether oxygens (including phenoxy) is 1. The molecule has 0 aliphatic carbocycles. The third-order valence-electron chi connectivity index (χ3n) is 3.91. The van der Waals surface area contributed by atoms with Crippen molar-refractivity contribution >= 4 is 51.1 Å². The highest BCUT2D eigenvalue weighted by atomic mass is 127. The van der Waals surface area contributed by atoms with Crippen LogP contribution in [0.1, 0.15) is 23.6 Å². The number of rotatable bonds is 9. The molecule has 2 N–H and O–H groups in total. The van der Waals surface area contributed by atoms with Crippen LogP contribution in [0.3, 0.4) is 0 Å². The van der Waals surface area contributed by atoms with E-state index in [9.17, 15) is 8.42 Å². The molecule has 0 radical (unpaired) electrons. The van der Waals surface area contributed by atoms with E-state index in [1.165, 1.54) is 16.0 Å². The van der Waals surface area contributed by atoms with E-state index in [0.717, 1.165) is 18.9 Å². The molecule has 0 aliphatic rings. The zero-order chi connectivity index (χ0) is 20.6. The summed E-state index contributed by atoms with van der Waals surface area (Å²) in [6, 6.07) is 11.0. The molecule has 1 atom stereocenters. The fourth-order valence-corrected chi connectivity index (χ4v) is 4.25. The van der Waals surface area contributed by atoms with Crippen molar-refractivity contribution in [3.05, 3.63) is 46.2 Å². The predicted molar refractivity (Wildman–Crippen MR) is 132 cm³/mol. The molecule has 6 nitrogen and oxygen atoms in total. The van der Waals surface area contributed by atoms with Gasteiger partial charge in [0.15, 0.2) is 15.8 Å². The molecular formula is C20H30IN3O3S2. The summed E-state index contributed by atoms with van der Waals surface area (Å²) in [6.07, 6.45) is 2.14. The summed E-state index contributed by atoms with van der Waals surface area (Å²) in [4.78, 5) is 7.51. The number of nitrogens with zero attached hydrogens (tertiary/aromatic N) is 1. The van der Waals surface area contributed by atoms with Crippen LogP contribution in [-0.4, -0.2) is 46.4 Å². The number of aliphatic imine (C=N–C) groups is 1. The topological polar surface area (TPSA) is 79.8 Å². The maximum absolute atomic E-state index is 11.5. The first-order valence-electron chi connectivity index (χ1n) is 9.31. The van der Waals surface area contributed by atoms with Crippen LogP contribution in [-0.2, 0) is 16.3 Å². The van der Waals surface area contributed by atoms with E-state index in [0.29, 0.717) is 18.9 Å². The third-order valence-corrected chi connectivity index (χ3v) is 6.06. The zero-order valence-corrected chi connectivity index (χ0v) is 21.2. The molecule has 1 aromatic heterocycles. The van der Waals surface area contributed by atoms with Gasteiger partial charge in [-0.15, -0.1) is 35.3 Å². The molecular weight excluding hydrogens is 521 g/mol. The molecule has 29 heavy (non-hydrogen) atoms. The van der Waals surface area contributed by atoms with Crippen molar-refractivity contribution in [2.75, 3.05) is 26.0 Å². The fourth-order valence-electron chi connectivity index (χ4n) is 2.61. The molecule has 0 bridgehead atoms. The molecule has 0 spiro atoms. The molecule has 9 heteroatoms. The van der Waals surface area contributed by atoms with Crippen LogP contribution >= 0.6 is 35.3 Å². The van der Waals surface area contributed by atoms with Gasteiger partial charge in [0.1, 0.15) is 12.4 Å². The van der Waals surface area contributed by atoms with Crippen LogP contribution in [0.5, 0.6) is 5.75 Å². The van der Waals surface area contributed by atoms with Crippen molar-refractivity contribution < 1.29 is 13.2 Å². The van der Waals surface area contributed by atoms with E-state index in [1.807, 2.05) is 18.3 Å². The number of halogens is 1. The van der Waals surface area contributed by atoms with Crippen LogP contribution in [0.2, 0.25) is 0 Å². The average Bonchev–Trinajstić information content (AvgIpc) is 3.03. The van der Waals surface area contributed by atoms with Gasteiger partial charge in [-0.2, -0.15) is 0 Å². The van der Waals surface area contributed by atoms with E-state index in [4.69, 9.17) is 4.74 Å². The monoisotopic (exact) mass is 551 g/mol. The Morgan fingerprint density at radius 1 is 1.21 bits per heavy atom. The first-order valence-corrected chi connectivity index (χ1v) is 12.0. The molecule has 2 aromatic rings. The second kappa shape index (κ2) is 12.4. The van der Waals surface area contributed by atoms with Crippen molar-refractivity contribution in [2.24, 2.45) is 4.99 Å². The summed E-state index contributed by atoms with van der Waals surface area (Å²) in [5.74, 6) is 1.39. The summed E-state index contributed by atoms with van der Waals surface area (Å²) < 4.78 is 28.6. The number of aryl methyl sites for hydroxylation is 1. The molecule has 0 aliphatic heterocycles. The highest BCUT2D eigenvalue weighted by Gasteiger charge is 2.08. The number of nitrogens with one attached hydrogen (secondary N) is 2. The Bertz CT molecular complexity index is 881. The number of sulfone groups is 1. The number of benzene rings is 1. The van der Waals surface area contributed by atoms with E-state index in [1.54, 1.807) is 24.3 Å². The van der Waals surface area contributed by atoms with E-state index >= 15 is 0 Å². The molecule has 0 saturated carbocycles. The molecule has 0 amide bonds. The Morgan fingerprint density at radius 2 is 1.90 bits per heavy atom. The SMILES string of the molecule is CCNC(=NCCOc1ccc(S(C)(=O)=O)cc1)NC(C)Cc1ccc(C)s1.I. The first-order chi connectivity index (χ1) is 13.3. The minimum absolute atomic E-state index is 0. The molecule has 1 heterocycles. The largest absolute Gasteiger partial charge is 0.492 e. The second-order valence-electron chi connectivity index (χ2n) is 6.61. The lowest BCUT2D eigenvalue weighted by Gasteiger charge is -2.17. The van der Waals surface area contributed by atoms with Crippen molar-refractivity contribution in [3.8, 4) is 5.75 Å². The molecule has 2 rings (SSSR count).